The Labute approximate surface area is 168 Å². The van der Waals surface area contributed by atoms with Gasteiger partial charge in [-0.25, -0.2) is 9.48 Å². The number of halogens is 1. The van der Waals surface area contributed by atoms with Crippen LogP contribution in [0.15, 0.2) is 71.9 Å². The van der Waals surface area contributed by atoms with Crippen molar-refractivity contribution in [2.75, 3.05) is 6.61 Å². The summed E-state index contributed by atoms with van der Waals surface area (Å²) in [6.07, 6.45) is 2.66. The second-order valence-electron chi connectivity index (χ2n) is 5.94. The summed E-state index contributed by atoms with van der Waals surface area (Å²) in [6.45, 7) is 2.63. The van der Waals surface area contributed by atoms with Crippen molar-refractivity contribution in [2.45, 2.75) is 19.8 Å². The lowest BCUT2D eigenvalue weighted by Gasteiger charge is -2.13. The van der Waals surface area contributed by atoms with Crippen LogP contribution < -0.4 is 14.8 Å². The molecule has 0 spiro atoms. The van der Waals surface area contributed by atoms with Crippen molar-refractivity contribution in [1.82, 2.24) is 9.78 Å². The highest BCUT2D eigenvalue weighted by molar-refractivity contribution is 6.30. The molecule has 0 N–H and O–H groups in total. The van der Waals surface area contributed by atoms with E-state index in [2.05, 4.69) is 17.0 Å². The van der Waals surface area contributed by atoms with E-state index in [4.69, 9.17) is 21.1 Å². The summed E-state index contributed by atoms with van der Waals surface area (Å²) in [5.74, 6) is 0.862. The summed E-state index contributed by atoms with van der Waals surface area (Å²) < 4.78 is 12.7. The Morgan fingerprint density at radius 2 is 1.89 bits per heavy atom. The number of unbranched alkanes of at least 4 members (excludes halogenated alkanes) is 1. The number of aromatic nitrogens is 2. The van der Waals surface area contributed by atoms with Crippen LogP contribution in [0.5, 0.6) is 11.6 Å². The van der Waals surface area contributed by atoms with Crippen molar-refractivity contribution in [3.63, 3.8) is 0 Å². The largest absolute Gasteiger partial charge is 0.478 e. The zero-order valence-electron chi connectivity index (χ0n) is 15.4. The number of ether oxygens (including phenoxy) is 2. The number of carbonyl (C=O) groups excluding carboxylic acids is 1. The Morgan fingerprint density at radius 3 is 2.61 bits per heavy atom. The molecule has 1 amide bonds. The Morgan fingerprint density at radius 1 is 1.14 bits per heavy atom. The van der Waals surface area contributed by atoms with Crippen molar-refractivity contribution in [2.24, 2.45) is 4.99 Å². The van der Waals surface area contributed by atoms with E-state index in [1.165, 1.54) is 6.20 Å². The first-order valence-corrected chi connectivity index (χ1v) is 9.33. The van der Waals surface area contributed by atoms with Crippen molar-refractivity contribution < 1.29 is 14.3 Å². The summed E-state index contributed by atoms with van der Waals surface area (Å²) in [5, 5.41) is 5.28. The molecule has 28 heavy (non-hydrogen) atoms. The third-order valence-corrected chi connectivity index (χ3v) is 4.03. The Bertz CT molecular complexity index is 986. The van der Waals surface area contributed by atoms with Crippen molar-refractivity contribution in [1.29, 1.82) is 0 Å². The van der Waals surface area contributed by atoms with E-state index in [0.29, 0.717) is 28.6 Å². The zero-order chi connectivity index (χ0) is 19.8. The lowest BCUT2D eigenvalue weighted by Crippen LogP contribution is -2.16. The number of hydrogen-bond donors (Lipinski definition) is 0. The molecular weight excluding hydrogens is 378 g/mol. The number of amides is 1. The predicted octanol–water partition coefficient (Wildman–Crippen LogP) is 4.80. The Balaban J connectivity index is 1.86. The number of benzene rings is 2. The molecule has 0 radical (unpaired) electrons. The molecule has 0 saturated heterocycles. The molecule has 0 bridgehead atoms. The highest BCUT2D eigenvalue weighted by Gasteiger charge is 2.07. The van der Waals surface area contributed by atoms with Gasteiger partial charge in [0.2, 0.25) is 5.88 Å². The molecule has 0 aliphatic heterocycles. The van der Waals surface area contributed by atoms with Crippen LogP contribution >= 0.6 is 11.6 Å². The highest BCUT2D eigenvalue weighted by Crippen LogP contribution is 2.16. The summed E-state index contributed by atoms with van der Waals surface area (Å²) in [4.78, 5) is 16.0. The van der Waals surface area contributed by atoms with Gasteiger partial charge in [-0.15, -0.1) is 0 Å². The van der Waals surface area contributed by atoms with Gasteiger partial charge in [-0.2, -0.15) is 10.1 Å². The molecule has 1 aromatic heterocycles. The maximum absolute atomic E-state index is 12.1. The fraction of sp³-hybridized carbons (Fsp3) is 0.190. The van der Waals surface area contributed by atoms with E-state index in [1.807, 2.05) is 30.3 Å². The Hall–Kier alpha value is -3.12. The van der Waals surface area contributed by atoms with Gasteiger partial charge in [-0.05, 0) is 42.8 Å². The molecule has 0 aliphatic rings. The molecule has 7 heteroatoms. The third kappa shape index (κ3) is 5.44. The molecule has 144 valence electrons. The molecule has 3 rings (SSSR count). The molecule has 0 aliphatic carbocycles. The number of para-hydroxylation sites is 1. The van der Waals surface area contributed by atoms with Gasteiger partial charge in [0.15, 0.2) is 0 Å². The Kier molecular flexibility index (Phi) is 6.81. The number of nitrogens with zero attached hydrogens (tertiary/aromatic N) is 3. The average molecular weight is 398 g/mol. The smallest absolute Gasteiger partial charge is 0.439 e. The molecule has 1 heterocycles. The van der Waals surface area contributed by atoms with E-state index in [0.717, 1.165) is 18.5 Å². The second kappa shape index (κ2) is 9.71. The summed E-state index contributed by atoms with van der Waals surface area (Å²) >= 11 is 5.82. The fourth-order valence-electron chi connectivity index (χ4n) is 2.38. The van der Waals surface area contributed by atoms with Crippen molar-refractivity contribution >= 4 is 17.7 Å². The quantitative estimate of drug-likeness (QED) is 0.560. The summed E-state index contributed by atoms with van der Waals surface area (Å²) in [5.41, 5.74) is 0.851. The van der Waals surface area contributed by atoms with Gasteiger partial charge in [-0.1, -0.05) is 43.1 Å². The minimum absolute atomic E-state index is 0.345. The van der Waals surface area contributed by atoms with E-state index in [1.54, 1.807) is 35.0 Å². The first-order chi connectivity index (χ1) is 13.7. The van der Waals surface area contributed by atoms with Crippen molar-refractivity contribution in [3.05, 3.63) is 77.2 Å². The maximum Gasteiger partial charge on any atom is 0.439 e. The van der Waals surface area contributed by atoms with Gasteiger partial charge < -0.3 is 9.47 Å². The SMILES string of the molecule is CCCCOc1c/c(=N\C(=O)Oc2ccc(Cl)cc2)cnn1-c1ccccc1. The maximum atomic E-state index is 12.1. The van der Waals surface area contributed by atoms with Gasteiger partial charge in [0.1, 0.15) is 5.75 Å². The monoisotopic (exact) mass is 397 g/mol. The molecule has 0 saturated carbocycles. The van der Waals surface area contributed by atoms with Crippen molar-refractivity contribution in [3.8, 4) is 17.3 Å². The number of hydrogen-bond acceptors (Lipinski definition) is 4. The van der Waals surface area contributed by atoms with Crippen LogP contribution in [-0.2, 0) is 0 Å². The molecule has 2 aromatic carbocycles. The number of carbonyl (C=O) groups is 1. The normalized spacial score (nSPS) is 11.3. The molecule has 3 aromatic rings. The standard InChI is InChI=1S/C21H20ClN3O3/c1-2-3-13-27-20-14-17(15-23-25(20)18-7-5-4-6-8-18)24-21(26)28-19-11-9-16(22)10-12-19/h4-12,14-15H,2-3,13H2,1H3/b24-17+. The van der Waals surface area contributed by atoms with Crippen LogP contribution in [-0.4, -0.2) is 22.5 Å². The van der Waals surface area contributed by atoms with E-state index < -0.39 is 6.09 Å². The molecule has 6 nitrogen and oxygen atoms in total. The minimum Gasteiger partial charge on any atom is -0.478 e. The van der Waals surface area contributed by atoms with Gasteiger partial charge in [0.05, 0.1) is 23.8 Å². The van der Waals surface area contributed by atoms with Crippen LogP contribution in [0.4, 0.5) is 4.79 Å². The van der Waals surface area contributed by atoms with E-state index in [-0.39, 0.29) is 0 Å². The first-order valence-electron chi connectivity index (χ1n) is 8.95. The van der Waals surface area contributed by atoms with E-state index >= 15 is 0 Å². The van der Waals surface area contributed by atoms with Gasteiger partial charge in [-0.3, -0.25) is 0 Å². The lowest BCUT2D eigenvalue weighted by atomic mass is 10.3. The summed E-state index contributed by atoms with van der Waals surface area (Å²) in [7, 11) is 0. The third-order valence-electron chi connectivity index (χ3n) is 3.77. The summed E-state index contributed by atoms with van der Waals surface area (Å²) in [6, 6.07) is 17.7. The second-order valence-corrected chi connectivity index (χ2v) is 6.37. The van der Waals surface area contributed by atoms with Gasteiger partial charge in [0, 0.05) is 11.1 Å². The zero-order valence-corrected chi connectivity index (χ0v) is 16.2. The first kappa shape index (κ1) is 19.6. The van der Waals surface area contributed by atoms with Gasteiger partial charge >= 0.3 is 6.09 Å². The van der Waals surface area contributed by atoms with Crippen LogP contribution in [0.25, 0.3) is 5.69 Å². The predicted molar refractivity (Wildman–Crippen MR) is 107 cm³/mol. The topological polar surface area (TPSA) is 65.7 Å². The molecule has 0 fully saturated rings. The minimum atomic E-state index is -0.749. The lowest BCUT2D eigenvalue weighted by molar-refractivity contribution is 0.210. The van der Waals surface area contributed by atoms with Crippen LogP contribution in [0.1, 0.15) is 19.8 Å². The average Bonchev–Trinajstić information content (AvgIpc) is 2.71. The van der Waals surface area contributed by atoms with Gasteiger partial charge in [0.25, 0.3) is 0 Å². The molecule has 0 unspecified atom stereocenters. The van der Waals surface area contributed by atoms with Crippen LogP contribution in [0.3, 0.4) is 0 Å². The van der Waals surface area contributed by atoms with E-state index in [9.17, 15) is 4.79 Å². The highest BCUT2D eigenvalue weighted by atomic mass is 35.5. The van der Waals surface area contributed by atoms with Crippen LogP contribution in [0, 0.1) is 0 Å². The molecule has 0 atom stereocenters. The molecular formula is C21H20ClN3O3. The fourth-order valence-corrected chi connectivity index (χ4v) is 2.50. The van der Waals surface area contributed by atoms with Crippen LogP contribution in [0.2, 0.25) is 5.02 Å². The number of rotatable bonds is 6.